The Morgan fingerprint density at radius 2 is 1.33 bits per heavy atom. The van der Waals surface area contributed by atoms with Crippen LogP contribution in [0.15, 0.2) is 78.9 Å². The Hall–Kier alpha value is -3.42. The van der Waals surface area contributed by atoms with E-state index in [4.69, 9.17) is 19.5 Å². The second kappa shape index (κ2) is 19.7. The van der Waals surface area contributed by atoms with Crippen molar-refractivity contribution in [2.24, 2.45) is 0 Å². The first-order valence-corrected chi connectivity index (χ1v) is 14.2. The van der Waals surface area contributed by atoms with Crippen molar-refractivity contribution in [3.05, 3.63) is 95.6 Å². The lowest BCUT2D eigenvalue weighted by Crippen LogP contribution is -3.00. The molecule has 7 nitrogen and oxygen atoms in total. The summed E-state index contributed by atoms with van der Waals surface area (Å²) >= 11 is 0. The Bertz CT molecular complexity index is 1270. The first-order valence-electron chi connectivity index (χ1n) is 14.2. The molecule has 0 aromatic heterocycles. The van der Waals surface area contributed by atoms with E-state index >= 15 is 0 Å². The summed E-state index contributed by atoms with van der Waals surface area (Å²) in [6.07, 6.45) is 6.80. The number of hydrogen-bond donors (Lipinski definition) is 0. The van der Waals surface area contributed by atoms with Gasteiger partial charge in [-0.2, -0.15) is 5.26 Å². The molecule has 0 spiro atoms. The van der Waals surface area contributed by atoms with Crippen LogP contribution in [-0.2, 0) is 16.0 Å². The zero-order valence-electron chi connectivity index (χ0n) is 24.8. The van der Waals surface area contributed by atoms with Gasteiger partial charge < -0.3 is 42.7 Å². The van der Waals surface area contributed by atoms with Gasteiger partial charge in [0, 0.05) is 6.42 Å². The van der Waals surface area contributed by atoms with Crippen molar-refractivity contribution < 1.29 is 52.3 Å². The summed E-state index contributed by atoms with van der Waals surface area (Å²) < 4.78 is 17.4. The monoisotopic (exact) mass is 700 g/mol. The van der Waals surface area contributed by atoms with E-state index < -0.39 is 5.97 Å². The highest BCUT2D eigenvalue weighted by Crippen LogP contribution is 2.20. The fourth-order valence-corrected chi connectivity index (χ4v) is 4.33. The lowest BCUT2D eigenvalue weighted by atomic mass is 10.0. The lowest BCUT2D eigenvalue weighted by molar-refractivity contribution is -0.887. The molecule has 0 bridgehead atoms. The number of unbranched alkanes of at least 4 members (excludes halogenated alkanes) is 5. The normalized spacial score (nSPS) is 11.2. The van der Waals surface area contributed by atoms with Crippen LogP contribution in [-0.4, -0.2) is 56.8 Å². The maximum Gasteiger partial charge on any atom is 0.365 e. The van der Waals surface area contributed by atoms with Crippen LogP contribution in [0, 0.1) is 11.3 Å². The van der Waals surface area contributed by atoms with E-state index in [9.17, 15) is 9.59 Å². The molecule has 0 heterocycles. The minimum absolute atomic E-state index is 0. The quantitative estimate of drug-likeness (QED) is 0.0739. The smallest absolute Gasteiger partial charge is 0.365 e. The van der Waals surface area contributed by atoms with Gasteiger partial charge in [0.15, 0.2) is 6.04 Å². The van der Waals surface area contributed by atoms with Crippen molar-refractivity contribution in [2.75, 3.05) is 34.4 Å². The van der Waals surface area contributed by atoms with E-state index in [2.05, 4.69) is 12.1 Å². The highest BCUT2D eigenvalue weighted by atomic mass is 127. The van der Waals surface area contributed by atoms with Crippen LogP contribution in [0.1, 0.15) is 67.4 Å². The molecule has 0 aliphatic carbocycles. The molecule has 0 saturated carbocycles. The number of likely N-dealkylation sites (N-methyl/N-ethyl adjacent to an activating group) is 1. The van der Waals surface area contributed by atoms with E-state index in [-0.39, 0.29) is 43.4 Å². The van der Waals surface area contributed by atoms with Gasteiger partial charge in [-0.1, -0.05) is 63.4 Å². The van der Waals surface area contributed by atoms with Crippen molar-refractivity contribution in [1.82, 2.24) is 0 Å². The van der Waals surface area contributed by atoms with Gasteiger partial charge in [-0.05, 0) is 66.9 Å². The molecule has 1 atom stereocenters. The number of hydrogen-bond acceptors (Lipinski definition) is 6. The Kier molecular flexibility index (Phi) is 17.2. The number of nitrogens with zero attached hydrogens (tertiary/aromatic N) is 2. The minimum Gasteiger partial charge on any atom is -1.00 e. The average Bonchev–Trinajstić information content (AvgIpc) is 2.97. The molecular weight excluding hydrogens is 655 g/mol. The second-order valence-electron chi connectivity index (χ2n) is 11.0. The number of benzene rings is 3. The molecule has 232 valence electrons. The lowest BCUT2D eigenvalue weighted by Gasteiger charge is -2.32. The number of quaternary nitrogens is 1. The summed E-state index contributed by atoms with van der Waals surface area (Å²) in [6, 6.07) is 25.2. The molecule has 0 aliphatic rings. The van der Waals surface area contributed by atoms with Gasteiger partial charge in [-0.25, -0.2) is 9.59 Å². The zero-order chi connectivity index (χ0) is 29.5. The van der Waals surface area contributed by atoms with Crippen molar-refractivity contribution >= 4 is 11.9 Å². The van der Waals surface area contributed by atoms with Crippen LogP contribution < -0.4 is 33.5 Å². The van der Waals surface area contributed by atoms with Crippen LogP contribution in [0.3, 0.4) is 0 Å². The third kappa shape index (κ3) is 13.6. The number of esters is 2. The van der Waals surface area contributed by atoms with Gasteiger partial charge in [-0.15, -0.1) is 0 Å². The van der Waals surface area contributed by atoms with Crippen LogP contribution in [0.25, 0.3) is 0 Å². The predicted octanol–water partition coefficient (Wildman–Crippen LogP) is 4.00. The minimum atomic E-state index is -0.474. The third-order valence-corrected chi connectivity index (χ3v) is 6.81. The van der Waals surface area contributed by atoms with E-state index in [1.165, 1.54) is 0 Å². The molecule has 3 rings (SSSR count). The van der Waals surface area contributed by atoms with Crippen LogP contribution in [0.5, 0.6) is 11.5 Å². The summed E-state index contributed by atoms with van der Waals surface area (Å²) in [5.41, 5.74) is 2.02. The number of carbonyl (C=O) groups is 2. The SMILES string of the molecule is C.C[N+](C)(C)C(Cc1ccccc1)C(=O)OCCCCCCCCOc1ccc(OC(=O)c2ccc(C#N)cc2)cc1.[I-]. The molecule has 0 fully saturated rings. The van der Waals surface area contributed by atoms with Crippen molar-refractivity contribution in [3.63, 3.8) is 0 Å². The summed E-state index contributed by atoms with van der Waals surface area (Å²) in [4.78, 5) is 25.0. The molecule has 3 aromatic rings. The highest BCUT2D eigenvalue weighted by Gasteiger charge is 2.33. The topological polar surface area (TPSA) is 85.6 Å². The van der Waals surface area contributed by atoms with Gasteiger partial charge in [0.05, 0.1) is 51.6 Å². The van der Waals surface area contributed by atoms with E-state index in [0.29, 0.717) is 41.0 Å². The van der Waals surface area contributed by atoms with Gasteiger partial charge in [0.25, 0.3) is 0 Å². The van der Waals surface area contributed by atoms with E-state index in [1.807, 2.05) is 45.4 Å². The van der Waals surface area contributed by atoms with Gasteiger partial charge in [0.1, 0.15) is 11.5 Å². The fourth-order valence-electron chi connectivity index (χ4n) is 4.33. The maximum atomic E-state index is 12.8. The predicted molar refractivity (Wildman–Crippen MR) is 165 cm³/mol. The first-order chi connectivity index (χ1) is 19.8. The van der Waals surface area contributed by atoms with Crippen LogP contribution in [0.2, 0.25) is 0 Å². The number of nitriles is 1. The van der Waals surface area contributed by atoms with E-state index in [1.54, 1.807) is 48.5 Å². The number of rotatable bonds is 16. The van der Waals surface area contributed by atoms with Gasteiger partial charge in [0.2, 0.25) is 0 Å². The van der Waals surface area contributed by atoms with Crippen LogP contribution >= 0.6 is 0 Å². The Labute approximate surface area is 274 Å². The van der Waals surface area contributed by atoms with E-state index in [0.717, 1.165) is 49.8 Å². The van der Waals surface area contributed by atoms with Crippen molar-refractivity contribution in [1.29, 1.82) is 5.26 Å². The van der Waals surface area contributed by atoms with Crippen LogP contribution in [0.4, 0.5) is 0 Å². The molecule has 8 heteroatoms. The van der Waals surface area contributed by atoms with Crippen molar-refractivity contribution in [2.45, 2.75) is 58.4 Å². The molecule has 0 amide bonds. The summed E-state index contributed by atoms with van der Waals surface area (Å²) in [5, 5.41) is 8.86. The zero-order valence-corrected chi connectivity index (χ0v) is 26.9. The van der Waals surface area contributed by atoms with Gasteiger partial charge in [-0.3, -0.25) is 0 Å². The molecule has 3 aromatic carbocycles. The Balaban J connectivity index is 0.00000462. The Morgan fingerprint density at radius 1 is 0.767 bits per heavy atom. The fraction of sp³-hybridized carbons (Fsp3) is 0.400. The summed E-state index contributed by atoms with van der Waals surface area (Å²) in [5.74, 6) is 0.555. The highest BCUT2D eigenvalue weighted by molar-refractivity contribution is 5.91. The molecule has 0 N–H and O–H groups in total. The molecule has 43 heavy (non-hydrogen) atoms. The number of halogens is 1. The van der Waals surface area contributed by atoms with Gasteiger partial charge >= 0.3 is 11.9 Å². The molecule has 0 saturated heterocycles. The van der Waals surface area contributed by atoms with Crippen molar-refractivity contribution in [3.8, 4) is 17.6 Å². The average molecular weight is 701 g/mol. The number of ether oxygens (including phenoxy) is 3. The maximum absolute atomic E-state index is 12.8. The second-order valence-corrected chi connectivity index (χ2v) is 11.0. The third-order valence-electron chi connectivity index (χ3n) is 6.81. The largest absolute Gasteiger partial charge is 1.00 e. The summed E-state index contributed by atoms with van der Waals surface area (Å²) in [6.45, 7) is 1.09. The molecule has 1 unspecified atom stereocenters. The Morgan fingerprint density at radius 3 is 1.91 bits per heavy atom. The molecule has 0 radical (unpaired) electrons. The standard InChI is InChI=1S/C34H41N2O5.CH4.HI/c1-36(2,3)32(25-27-13-9-8-10-14-27)34(38)40-24-12-7-5-4-6-11-23-39-30-19-21-31(22-20-30)41-33(37)29-17-15-28(26-35)16-18-29;;/h8-10,13-22,32H,4-7,11-12,23-25H2,1-3H3;1H4;1H/q+1;;/p-1. The summed E-state index contributed by atoms with van der Waals surface area (Å²) in [7, 11) is 6.10. The number of carbonyl (C=O) groups excluding carboxylic acids is 2. The molecule has 0 aliphatic heterocycles. The first kappa shape index (κ1) is 37.6. The molecular formula is C35H45IN2O5.